The number of fused-ring (bicyclic) bond motifs is 1. The molecule has 0 radical (unpaired) electrons. The van der Waals surface area contributed by atoms with Gasteiger partial charge >= 0.3 is 0 Å². The second-order valence-electron chi connectivity index (χ2n) is 6.63. The Kier molecular flexibility index (Phi) is 3.66. The summed E-state index contributed by atoms with van der Waals surface area (Å²) in [5.41, 5.74) is 4.42. The third-order valence-corrected chi connectivity index (χ3v) is 5.24. The van der Waals surface area contributed by atoms with Gasteiger partial charge in [-0.2, -0.15) is 0 Å². The fourth-order valence-electron chi connectivity index (χ4n) is 4.22. The van der Waals surface area contributed by atoms with Crippen LogP contribution in [0.15, 0.2) is 18.2 Å². The summed E-state index contributed by atoms with van der Waals surface area (Å²) in [7, 11) is 0. The van der Waals surface area contributed by atoms with Gasteiger partial charge in [0.15, 0.2) is 0 Å². The van der Waals surface area contributed by atoms with Crippen molar-refractivity contribution in [1.82, 2.24) is 5.32 Å². The molecule has 0 amide bonds. The van der Waals surface area contributed by atoms with Crippen LogP contribution < -0.4 is 5.32 Å². The minimum Gasteiger partial charge on any atom is -0.310 e. The molecule has 0 aliphatic heterocycles. The van der Waals surface area contributed by atoms with E-state index in [-0.39, 0.29) is 0 Å². The lowest BCUT2D eigenvalue weighted by atomic mass is 9.92. The Bertz CT molecular complexity index is 441. The number of hydrogen-bond acceptors (Lipinski definition) is 1. The summed E-state index contributed by atoms with van der Waals surface area (Å²) in [6, 6.07) is 7.55. The Morgan fingerprint density at radius 1 is 1.21 bits per heavy atom. The molecule has 0 saturated heterocycles. The first kappa shape index (κ1) is 13.2. The zero-order valence-electron chi connectivity index (χ0n) is 12.6. The topological polar surface area (TPSA) is 12.0 Å². The van der Waals surface area contributed by atoms with Gasteiger partial charge in [-0.1, -0.05) is 37.1 Å². The van der Waals surface area contributed by atoms with Crippen molar-refractivity contribution in [2.75, 3.05) is 6.54 Å². The van der Waals surface area contributed by atoms with Gasteiger partial charge in [0.05, 0.1) is 0 Å². The van der Waals surface area contributed by atoms with Gasteiger partial charge in [0.2, 0.25) is 0 Å². The lowest BCUT2D eigenvalue weighted by molar-refractivity contribution is 0.416. The van der Waals surface area contributed by atoms with E-state index in [4.69, 9.17) is 0 Å². The highest BCUT2D eigenvalue weighted by Crippen LogP contribution is 2.62. The van der Waals surface area contributed by atoms with E-state index in [2.05, 4.69) is 44.3 Å². The Balaban J connectivity index is 1.84. The average molecular weight is 257 g/mol. The lowest BCUT2D eigenvalue weighted by Crippen LogP contribution is -2.26. The molecule has 3 atom stereocenters. The van der Waals surface area contributed by atoms with Crippen molar-refractivity contribution in [1.29, 1.82) is 0 Å². The van der Waals surface area contributed by atoms with Crippen LogP contribution in [0, 0.1) is 31.6 Å². The van der Waals surface area contributed by atoms with E-state index in [1.54, 1.807) is 5.56 Å². The summed E-state index contributed by atoms with van der Waals surface area (Å²) in [5.74, 6) is 2.96. The molecule has 19 heavy (non-hydrogen) atoms. The summed E-state index contributed by atoms with van der Waals surface area (Å²) < 4.78 is 0. The largest absolute Gasteiger partial charge is 0.310 e. The summed E-state index contributed by atoms with van der Waals surface area (Å²) >= 11 is 0. The van der Waals surface area contributed by atoms with Crippen LogP contribution in [0.2, 0.25) is 0 Å². The molecule has 0 spiro atoms. The normalized spacial score (nSPS) is 30.2. The quantitative estimate of drug-likeness (QED) is 0.825. The zero-order valence-corrected chi connectivity index (χ0v) is 12.6. The van der Waals surface area contributed by atoms with E-state index in [1.807, 2.05) is 0 Å². The van der Waals surface area contributed by atoms with Gasteiger partial charge in [-0.3, -0.25) is 0 Å². The van der Waals surface area contributed by atoms with Crippen molar-refractivity contribution < 1.29 is 0 Å². The Morgan fingerprint density at radius 3 is 2.63 bits per heavy atom. The van der Waals surface area contributed by atoms with E-state index in [0.29, 0.717) is 6.04 Å². The van der Waals surface area contributed by atoms with Crippen LogP contribution in [0.3, 0.4) is 0 Å². The minimum absolute atomic E-state index is 0.607. The third kappa shape index (κ3) is 2.45. The van der Waals surface area contributed by atoms with Crippen molar-refractivity contribution in [2.24, 2.45) is 17.8 Å². The number of benzene rings is 1. The smallest absolute Gasteiger partial charge is 0.0356 e. The van der Waals surface area contributed by atoms with Crippen LogP contribution in [-0.4, -0.2) is 6.54 Å². The predicted molar refractivity (Wildman–Crippen MR) is 81.3 cm³/mol. The van der Waals surface area contributed by atoms with E-state index in [1.165, 1.54) is 36.8 Å². The van der Waals surface area contributed by atoms with Crippen LogP contribution in [0.4, 0.5) is 0 Å². The standard InChI is InChI=1S/C18H27N/c1-4-10-19-18(17-14-6-5-7-15(14)17)16-11-12(2)8-9-13(16)3/h8-9,11,14-15,17-19H,4-7,10H2,1-3H3. The maximum atomic E-state index is 3.84. The van der Waals surface area contributed by atoms with Crippen molar-refractivity contribution >= 4 is 0 Å². The maximum absolute atomic E-state index is 3.84. The van der Waals surface area contributed by atoms with Gasteiger partial charge in [-0.25, -0.2) is 0 Å². The zero-order chi connectivity index (χ0) is 13.4. The van der Waals surface area contributed by atoms with Gasteiger partial charge in [0.1, 0.15) is 0 Å². The van der Waals surface area contributed by atoms with Gasteiger partial charge < -0.3 is 5.32 Å². The number of aryl methyl sites for hydroxylation is 2. The van der Waals surface area contributed by atoms with Crippen LogP contribution >= 0.6 is 0 Å². The fraction of sp³-hybridized carbons (Fsp3) is 0.667. The Hall–Kier alpha value is -0.820. The van der Waals surface area contributed by atoms with Crippen LogP contribution in [0.25, 0.3) is 0 Å². The molecule has 2 saturated carbocycles. The van der Waals surface area contributed by atoms with Gasteiger partial charge in [0, 0.05) is 6.04 Å². The molecule has 104 valence electrons. The SMILES string of the molecule is CCCNC(c1cc(C)ccc1C)C1C2CCCC21. The third-order valence-electron chi connectivity index (χ3n) is 5.24. The van der Waals surface area contributed by atoms with E-state index in [0.717, 1.165) is 24.3 Å². The number of nitrogens with one attached hydrogen (secondary N) is 1. The first-order valence-electron chi connectivity index (χ1n) is 8.03. The first-order valence-corrected chi connectivity index (χ1v) is 8.03. The highest BCUT2D eigenvalue weighted by molar-refractivity contribution is 5.35. The molecular weight excluding hydrogens is 230 g/mol. The van der Waals surface area contributed by atoms with E-state index < -0.39 is 0 Å². The molecular formula is C18H27N. The Labute approximate surface area is 117 Å². The Morgan fingerprint density at radius 2 is 1.95 bits per heavy atom. The number of rotatable bonds is 5. The molecule has 1 heteroatoms. The first-order chi connectivity index (χ1) is 9.22. The monoisotopic (exact) mass is 257 g/mol. The summed E-state index contributed by atoms with van der Waals surface area (Å²) in [4.78, 5) is 0. The van der Waals surface area contributed by atoms with Gasteiger partial charge in [-0.15, -0.1) is 0 Å². The van der Waals surface area contributed by atoms with Crippen molar-refractivity contribution in [3.63, 3.8) is 0 Å². The summed E-state index contributed by atoms with van der Waals surface area (Å²) in [5, 5.41) is 3.84. The molecule has 0 aromatic heterocycles. The highest BCUT2D eigenvalue weighted by Gasteiger charge is 2.56. The molecule has 1 aromatic carbocycles. The van der Waals surface area contributed by atoms with Gasteiger partial charge in [-0.05, 0) is 68.5 Å². The summed E-state index contributed by atoms with van der Waals surface area (Å²) in [6.07, 6.45) is 5.65. The van der Waals surface area contributed by atoms with Crippen molar-refractivity contribution in [3.05, 3.63) is 34.9 Å². The highest BCUT2D eigenvalue weighted by atomic mass is 14.9. The molecule has 2 aliphatic rings. The molecule has 3 unspecified atom stereocenters. The molecule has 2 fully saturated rings. The van der Waals surface area contributed by atoms with Crippen LogP contribution in [0.1, 0.15) is 55.3 Å². The van der Waals surface area contributed by atoms with Crippen molar-refractivity contribution in [3.8, 4) is 0 Å². The van der Waals surface area contributed by atoms with E-state index in [9.17, 15) is 0 Å². The van der Waals surface area contributed by atoms with Crippen LogP contribution in [0.5, 0.6) is 0 Å². The molecule has 1 N–H and O–H groups in total. The molecule has 0 heterocycles. The second kappa shape index (κ2) is 5.28. The molecule has 3 rings (SSSR count). The van der Waals surface area contributed by atoms with Crippen molar-refractivity contribution in [2.45, 2.75) is 52.5 Å². The molecule has 0 bridgehead atoms. The van der Waals surface area contributed by atoms with E-state index >= 15 is 0 Å². The minimum atomic E-state index is 0.607. The summed E-state index contributed by atoms with van der Waals surface area (Å²) in [6.45, 7) is 7.90. The average Bonchev–Trinajstić information content (AvgIpc) is 2.86. The molecule has 1 aromatic rings. The fourth-order valence-corrected chi connectivity index (χ4v) is 4.22. The second-order valence-corrected chi connectivity index (χ2v) is 6.63. The number of hydrogen-bond donors (Lipinski definition) is 1. The van der Waals surface area contributed by atoms with Gasteiger partial charge in [0.25, 0.3) is 0 Å². The lowest BCUT2D eigenvalue weighted by Gasteiger charge is -2.23. The maximum Gasteiger partial charge on any atom is 0.0356 e. The predicted octanol–water partition coefficient (Wildman–Crippen LogP) is 4.39. The van der Waals surface area contributed by atoms with Crippen LogP contribution in [-0.2, 0) is 0 Å². The molecule has 1 nitrogen and oxygen atoms in total. The molecule has 2 aliphatic carbocycles.